The summed E-state index contributed by atoms with van der Waals surface area (Å²) in [5.41, 5.74) is 0. The van der Waals surface area contributed by atoms with E-state index < -0.39 is 7.38 Å². The summed E-state index contributed by atoms with van der Waals surface area (Å²) in [6.07, 6.45) is 8.55. The second-order valence-electron chi connectivity index (χ2n) is 8.59. The van der Waals surface area contributed by atoms with E-state index in [-0.39, 0.29) is 0 Å². The molecule has 0 unspecified atom stereocenters. The van der Waals surface area contributed by atoms with Crippen LogP contribution in [0.2, 0.25) is 5.04 Å². The molecule has 24 heavy (non-hydrogen) atoms. The van der Waals surface area contributed by atoms with E-state index in [1.165, 1.54) is 48.9 Å². The number of rotatable bonds is 3. The Bertz CT molecular complexity index is 649. The van der Waals surface area contributed by atoms with E-state index in [0.717, 1.165) is 17.8 Å². The highest BCUT2D eigenvalue weighted by atomic mass is 35.6. The SMILES string of the molecule is Cl[Si](c1ccccc1)(c1ccccc1)C12CC3CC(CC(C3)C1)C2. The minimum Gasteiger partial charge on any atom is -0.154 e. The van der Waals surface area contributed by atoms with Crippen LogP contribution in [0.25, 0.3) is 0 Å². The molecule has 0 heterocycles. The molecule has 0 atom stereocenters. The molecule has 2 heteroatoms. The Kier molecular flexibility index (Phi) is 3.47. The maximum absolute atomic E-state index is 7.85. The first-order chi connectivity index (χ1) is 11.7. The Morgan fingerprint density at radius 2 is 1.04 bits per heavy atom. The van der Waals surface area contributed by atoms with Crippen molar-refractivity contribution in [2.75, 3.05) is 0 Å². The van der Waals surface area contributed by atoms with Crippen LogP contribution in [-0.2, 0) is 0 Å². The van der Waals surface area contributed by atoms with Crippen LogP contribution in [0.5, 0.6) is 0 Å². The van der Waals surface area contributed by atoms with Crippen LogP contribution in [-0.4, -0.2) is 7.38 Å². The summed E-state index contributed by atoms with van der Waals surface area (Å²) in [5.74, 6) is 2.82. The van der Waals surface area contributed by atoms with Gasteiger partial charge in [0.05, 0.1) is 0 Å². The molecule has 0 aliphatic heterocycles. The largest absolute Gasteiger partial charge is 0.223 e. The average Bonchev–Trinajstić information content (AvgIpc) is 2.61. The van der Waals surface area contributed by atoms with Crippen LogP contribution in [0.3, 0.4) is 0 Å². The van der Waals surface area contributed by atoms with Gasteiger partial charge in [-0.2, -0.15) is 11.1 Å². The van der Waals surface area contributed by atoms with Gasteiger partial charge in [-0.15, -0.1) is 0 Å². The minimum absolute atomic E-state index is 0.367. The third-order valence-electron chi connectivity index (χ3n) is 7.11. The maximum atomic E-state index is 7.85. The van der Waals surface area contributed by atoms with Gasteiger partial charge in [-0.1, -0.05) is 60.7 Å². The molecule has 124 valence electrons. The van der Waals surface area contributed by atoms with Gasteiger partial charge in [0.15, 0.2) is 0 Å². The van der Waals surface area contributed by atoms with Crippen molar-refractivity contribution in [2.24, 2.45) is 17.8 Å². The van der Waals surface area contributed by atoms with E-state index in [9.17, 15) is 0 Å². The summed E-state index contributed by atoms with van der Waals surface area (Å²) in [5, 5.41) is 3.23. The van der Waals surface area contributed by atoms with Crippen LogP contribution < -0.4 is 10.4 Å². The lowest BCUT2D eigenvalue weighted by Gasteiger charge is -2.61. The van der Waals surface area contributed by atoms with Gasteiger partial charge in [-0.05, 0) is 71.7 Å². The molecule has 0 radical (unpaired) electrons. The number of benzene rings is 2. The fourth-order valence-electron chi connectivity index (χ4n) is 6.65. The Morgan fingerprint density at radius 3 is 1.42 bits per heavy atom. The monoisotopic (exact) mass is 352 g/mol. The minimum atomic E-state index is -2.28. The lowest BCUT2D eigenvalue weighted by Crippen LogP contribution is -2.66. The Balaban J connectivity index is 1.70. The van der Waals surface area contributed by atoms with Crippen molar-refractivity contribution in [3.63, 3.8) is 0 Å². The highest BCUT2D eigenvalue weighted by Gasteiger charge is 2.62. The van der Waals surface area contributed by atoms with Gasteiger partial charge in [0.1, 0.15) is 0 Å². The predicted octanol–water partition coefficient (Wildman–Crippen LogP) is 4.96. The number of hydrogen-bond donors (Lipinski definition) is 0. The van der Waals surface area contributed by atoms with Crippen molar-refractivity contribution in [2.45, 2.75) is 43.6 Å². The highest BCUT2D eigenvalue weighted by Crippen LogP contribution is 2.68. The molecule has 0 N–H and O–H groups in total. The van der Waals surface area contributed by atoms with Crippen LogP contribution in [0, 0.1) is 17.8 Å². The Hall–Kier alpha value is -1.05. The predicted molar refractivity (Wildman–Crippen MR) is 105 cm³/mol. The van der Waals surface area contributed by atoms with E-state index in [0.29, 0.717) is 5.04 Å². The Labute approximate surface area is 151 Å². The van der Waals surface area contributed by atoms with Gasteiger partial charge in [-0.25, -0.2) is 0 Å². The topological polar surface area (TPSA) is 0 Å². The zero-order valence-corrected chi connectivity index (χ0v) is 15.9. The van der Waals surface area contributed by atoms with Gasteiger partial charge in [0.2, 0.25) is 7.38 Å². The van der Waals surface area contributed by atoms with E-state index in [4.69, 9.17) is 11.1 Å². The molecule has 4 aliphatic carbocycles. The summed E-state index contributed by atoms with van der Waals surface area (Å²) in [6, 6.07) is 22.2. The molecule has 4 aliphatic rings. The van der Waals surface area contributed by atoms with Crippen LogP contribution in [0.15, 0.2) is 60.7 Å². The second-order valence-corrected chi connectivity index (χ2v) is 13.8. The normalized spacial score (nSPS) is 34.5. The van der Waals surface area contributed by atoms with E-state index in [2.05, 4.69) is 60.7 Å². The summed E-state index contributed by atoms with van der Waals surface area (Å²) < 4.78 is 0. The van der Waals surface area contributed by atoms with Crippen molar-refractivity contribution >= 4 is 28.8 Å². The molecule has 4 fully saturated rings. The molecule has 6 rings (SSSR count). The van der Waals surface area contributed by atoms with Gasteiger partial charge in [0, 0.05) is 0 Å². The van der Waals surface area contributed by atoms with E-state index in [1.807, 2.05) is 0 Å². The number of halogens is 1. The van der Waals surface area contributed by atoms with Crippen molar-refractivity contribution in [3.8, 4) is 0 Å². The second kappa shape index (κ2) is 5.47. The molecule has 0 saturated heterocycles. The highest BCUT2D eigenvalue weighted by molar-refractivity contribution is 7.35. The van der Waals surface area contributed by atoms with Gasteiger partial charge >= 0.3 is 0 Å². The van der Waals surface area contributed by atoms with Crippen LogP contribution in [0.1, 0.15) is 38.5 Å². The Morgan fingerprint density at radius 1 is 0.667 bits per heavy atom. The van der Waals surface area contributed by atoms with E-state index in [1.54, 1.807) is 0 Å². The van der Waals surface area contributed by atoms with Crippen molar-refractivity contribution < 1.29 is 0 Å². The van der Waals surface area contributed by atoms with Crippen LogP contribution >= 0.6 is 11.1 Å². The summed E-state index contributed by atoms with van der Waals surface area (Å²) in [6.45, 7) is 0. The summed E-state index contributed by atoms with van der Waals surface area (Å²) in [4.78, 5) is 0. The smallest absolute Gasteiger partial charge is 0.154 e. The summed E-state index contributed by atoms with van der Waals surface area (Å²) in [7, 11) is -2.28. The first kappa shape index (κ1) is 15.2. The molecule has 0 amide bonds. The van der Waals surface area contributed by atoms with Crippen molar-refractivity contribution in [1.29, 1.82) is 0 Å². The third-order valence-corrected chi connectivity index (χ3v) is 14.0. The zero-order chi connectivity index (χ0) is 16.2. The van der Waals surface area contributed by atoms with Crippen molar-refractivity contribution in [1.82, 2.24) is 0 Å². The van der Waals surface area contributed by atoms with Gasteiger partial charge < -0.3 is 0 Å². The molecule has 2 aromatic carbocycles. The average molecular weight is 353 g/mol. The molecule has 0 nitrogen and oxygen atoms in total. The quantitative estimate of drug-likeness (QED) is 0.541. The fourth-order valence-corrected chi connectivity index (χ4v) is 12.7. The van der Waals surface area contributed by atoms with Crippen LogP contribution in [0.4, 0.5) is 0 Å². The maximum Gasteiger partial charge on any atom is 0.223 e. The molecular formula is C22H25ClSi. The molecule has 0 aromatic heterocycles. The fraction of sp³-hybridized carbons (Fsp3) is 0.455. The molecule has 4 bridgehead atoms. The first-order valence-corrected chi connectivity index (χ1v) is 12.5. The molecule has 0 spiro atoms. The molecule has 4 saturated carbocycles. The molecule has 2 aromatic rings. The van der Waals surface area contributed by atoms with Gasteiger partial charge in [0.25, 0.3) is 0 Å². The zero-order valence-electron chi connectivity index (χ0n) is 14.1. The first-order valence-electron chi connectivity index (χ1n) is 9.50. The van der Waals surface area contributed by atoms with E-state index >= 15 is 0 Å². The lowest BCUT2D eigenvalue weighted by atomic mass is 9.56. The van der Waals surface area contributed by atoms with Crippen molar-refractivity contribution in [3.05, 3.63) is 60.7 Å². The molecular weight excluding hydrogens is 328 g/mol. The lowest BCUT2D eigenvalue weighted by molar-refractivity contribution is 0.0272. The van der Waals surface area contributed by atoms with Gasteiger partial charge in [-0.3, -0.25) is 0 Å². The number of hydrogen-bond acceptors (Lipinski definition) is 0. The third kappa shape index (κ3) is 2.10. The summed E-state index contributed by atoms with van der Waals surface area (Å²) >= 11 is 7.85. The standard InChI is InChI=1S/C22H25ClSi/c23-24(20-7-3-1-4-8-20,21-9-5-2-6-10-21)22-14-17-11-18(15-22)13-19(12-17)16-22/h1-10,17-19H,11-16H2.